The van der Waals surface area contributed by atoms with Gasteiger partial charge in [-0.05, 0) is 12.3 Å². The van der Waals surface area contributed by atoms with E-state index in [1.165, 1.54) is 0 Å². The molecule has 1 atom stereocenters. The Kier molecular flexibility index (Phi) is 4.07. The van der Waals surface area contributed by atoms with Crippen LogP contribution in [0.25, 0.3) is 0 Å². The van der Waals surface area contributed by atoms with Gasteiger partial charge in [-0.3, -0.25) is 9.69 Å². The van der Waals surface area contributed by atoms with Crippen molar-refractivity contribution in [1.82, 2.24) is 10.2 Å². The molecule has 0 aromatic rings. The third kappa shape index (κ3) is 3.46. The molecule has 1 amide bonds. The smallest absolute Gasteiger partial charge is 0.234 e. The van der Waals surface area contributed by atoms with Crippen molar-refractivity contribution in [1.29, 1.82) is 0 Å². The number of carbonyl (C=O) groups is 2. The highest BCUT2D eigenvalue weighted by Gasteiger charge is 2.24. The second kappa shape index (κ2) is 5.10. The quantitative estimate of drug-likeness (QED) is 0.648. The topological polar surface area (TPSA) is 49.4 Å². The van der Waals surface area contributed by atoms with E-state index in [1.54, 1.807) is 0 Å². The Morgan fingerprint density at radius 2 is 2.36 bits per heavy atom. The van der Waals surface area contributed by atoms with Crippen LogP contribution >= 0.6 is 0 Å². The van der Waals surface area contributed by atoms with Crippen LogP contribution < -0.4 is 5.32 Å². The summed E-state index contributed by atoms with van der Waals surface area (Å²) in [6, 6.07) is 0.205. The highest BCUT2D eigenvalue weighted by Crippen LogP contribution is 2.09. The van der Waals surface area contributed by atoms with Gasteiger partial charge in [0.15, 0.2) is 0 Å². The first-order valence-corrected chi connectivity index (χ1v) is 5.07. The second-order valence-corrected chi connectivity index (χ2v) is 4.25. The van der Waals surface area contributed by atoms with Crippen LogP contribution in [-0.2, 0) is 9.59 Å². The number of carbonyl (C=O) groups excluding carboxylic acids is 2. The standard InChI is InChI=1S/C10H18N2O2/c1-8(2)5-9-6-12(3-4-13)7-10(14)11-9/h4,8-9H,3,5-7H2,1-2H3,(H,11,14). The zero-order valence-electron chi connectivity index (χ0n) is 8.82. The number of hydrogen-bond acceptors (Lipinski definition) is 3. The molecule has 1 saturated heterocycles. The Bertz CT molecular complexity index is 216. The minimum atomic E-state index is 0.0313. The van der Waals surface area contributed by atoms with E-state index in [2.05, 4.69) is 19.2 Å². The van der Waals surface area contributed by atoms with Crippen molar-refractivity contribution in [3.8, 4) is 0 Å². The summed E-state index contributed by atoms with van der Waals surface area (Å²) in [7, 11) is 0. The van der Waals surface area contributed by atoms with Crippen LogP contribution in [0.4, 0.5) is 0 Å². The van der Waals surface area contributed by atoms with Crippen molar-refractivity contribution in [2.75, 3.05) is 19.6 Å². The molecule has 0 spiro atoms. The molecule has 1 rings (SSSR count). The van der Waals surface area contributed by atoms with E-state index in [0.29, 0.717) is 19.0 Å². The highest BCUT2D eigenvalue weighted by atomic mass is 16.2. The van der Waals surface area contributed by atoms with Crippen molar-refractivity contribution in [3.63, 3.8) is 0 Å². The maximum absolute atomic E-state index is 11.3. The molecule has 0 radical (unpaired) electrons. The largest absolute Gasteiger partial charge is 0.351 e. The Hall–Kier alpha value is -0.900. The molecule has 80 valence electrons. The fourth-order valence-electron chi connectivity index (χ4n) is 1.85. The average molecular weight is 198 g/mol. The number of nitrogens with zero attached hydrogens (tertiary/aromatic N) is 1. The molecule has 0 aromatic heterocycles. The predicted molar refractivity (Wildman–Crippen MR) is 53.9 cm³/mol. The van der Waals surface area contributed by atoms with Crippen LogP contribution in [0.2, 0.25) is 0 Å². The first kappa shape index (κ1) is 11.2. The van der Waals surface area contributed by atoms with Gasteiger partial charge in [0.1, 0.15) is 6.29 Å². The molecule has 0 saturated carbocycles. The Balaban J connectivity index is 2.45. The van der Waals surface area contributed by atoms with Gasteiger partial charge in [0.2, 0.25) is 5.91 Å². The van der Waals surface area contributed by atoms with E-state index >= 15 is 0 Å². The molecule has 1 aliphatic rings. The molecule has 0 aliphatic carbocycles. The lowest BCUT2D eigenvalue weighted by atomic mass is 10.0. The van der Waals surface area contributed by atoms with Gasteiger partial charge in [-0.25, -0.2) is 0 Å². The predicted octanol–water partition coefficient (Wildman–Crippen LogP) is 0.0318. The van der Waals surface area contributed by atoms with E-state index in [9.17, 15) is 9.59 Å². The first-order chi connectivity index (χ1) is 6.61. The lowest BCUT2D eigenvalue weighted by Gasteiger charge is -2.32. The van der Waals surface area contributed by atoms with Crippen LogP contribution in [0.3, 0.4) is 0 Å². The summed E-state index contributed by atoms with van der Waals surface area (Å²) in [5, 5.41) is 2.94. The lowest BCUT2D eigenvalue weighted by molar-refractivity contribution is -0.126. The van der Waals surface area contributed by atoms with Gasteiger partial charge in [0.05, 0.1) is 13.1 Å². The number of aldehydes is 1. The highest BCUT2D eigenvalue weighted by molar-refractivity contribution is 5.79. The van der Waals surface area contributed by atoms with Gasteiger partial charge in [-0.15, -0.1) is 0 Å². The minimum absolute atomic E-state index is 0.0313. The van der Waals surface area contributed by atoms with E-state index in [4.69, 9.17) is 0 Å². The molecule has 1 fully saturated rings. The SMILES string of the molecule is CC(C)CC1CN(CC=O)CC(=O)N1. The van der Waals surface area contributed by atoms with Crippen LogP contribution in [0.5, 0.6) is 0 Å². The Morgan fingerprint density at radius 1 is 1.64 bits per heavy atom. The maximum atomic E-state index is 11.3. The Labute approximate surface area is 84.7 Å². The van der Waals surface area contributed by atoms with Gasteiger partial charge in [-0.1, -0.05) is 13.8 Å². The van der Waals surface area contributed by atoms with E-state index < -0.39 is 0 Å². The van der Waals surface area contributed by atoms with Crippen molar-refractivity contribution in [2.24, 2.45) is 5.92 Å². The number of rotatable bonds is 4. The summed E-state index contributed by atoms with van der Waals surface area (Å²) < 4.78 is 0. The number of piperazine rings is 1. The van der Waals surface area contributed by atoms with Crippen LogP contribution in [0, 0.1) is 5.92 Å². The number of amides is 1. The van der Waals surface area contributed by atoms with Gasteiger partial charge in [0.25, 0.3) is 0 Å². The van der Waals surface area contributed by atoms with Crippen LogP contribution in [-0.4, -0.2) is 42.8 Å². The average Bonchev–Trinajstić information content (AvgIpc) is 2.01. The summed E-state index contributed by atoms with van der Waals surface area (Å²) >= 11 is 0. The van der Waals surface area contributed by atoms with Crippen molar-refractivity contribution in [3.05, 3.63) is 0 Å². The summed E-state index contributed by atoms with van der Waals surface area (Å²) in [4.78, 5) is 23.5. The molecule has 4 nitrogen and oxygen atoms in total. The molecule has 1 heterocycles. The van der Waals surface area contributed by atoms with Gasteiger partial charge in [-0.2, -0.15) is 0 Å². The van der Waals surface area contributed by atoms with Gasteiger partial charge >= 0.3 is 0 Å². The monoisotopic (exact) mass is 198 g/mol. The number of nitrogens with one attached hydrogen (secondary N) is 1. The van der Waals surface area contributed by atoms with E-state index in [1.807, 2.05) is 4.90 Å². The summed E-state index contributed by atoms with van der Waals surface area (Å²) in [6.07, 6.45) is 1.83. The normalized spacial score (nSPS) is 23.6. The van der Waals surface area contributed by atoms with Crippen molar-refractivity contribution in [2.45, 2.75) is 26.3 Å². The van der Waals surface area contributed by atoms with Crippen LogP contribution in [0.15, 0.2) is 0 Å². The molecular weight excluding hydrogens is 180 g/mol. The zero-order valence-corrected chi connectivity index (χ0v) is 8.82. The summed E-state index contributed by atoms with van der Waals surface area (Å²) in [5.41, 5.74) is 0. The molecule has 1 aliphatic heterocycles. The fraction of sp³-hybridized carbons (Fsp3) is 0.800. The molecule has 0 bridgehead atoms. The van der Waals surface area contributed by atoms with E-state index in [0.717, 1.165) is 19.3 Å². The molecule has 4 heteroatoms. The van der Waals surface area contributed by atoms with Crippen molar-refractivity contribution < 1.29 is 9.59 Å². The van der Waals surface area contributed by atoms with Crippen LogP contribution in [0.1, 0.15) is 20.3 Å². The molecule has 1 N–H and O–H groups in total. The fourth-order valence-corrected chi connectivity index (χ4v) is 1.85. The molecule has 1 unspecified atom stereocenters. The summed E-state index contributed by atoms with van der Waals surface area (Å²) in [6.45, 7) is 5.77. The minimum Gasteiger partial charge on any atom is -0.351 e. The van der Waals surface area contributed by atoms with Gasteiger partial charge < -0.3 is 10.1 Å². The van der Waals surface area contributed by atoms with E-state index in [-0.39, 0.29) is 11.9 Å². The molecule has 14 heavy (non-hydrogen) atoms. The second-order valence-electron chi connectivity index (χ2n) is 4.25. The third-order valence-corrected chi connectivity index (χ3v) is 2.30. The molecular formula is C10H18N2O2. The van der Waals surface area contributed by atoms with Gasteiger partial charge in [0, 0.05) is 12.6 Å². The first-order valence-electron chi connectivity index (χ1n) is 5.07. The lowest BCUT2D eigenvalue weighted by Crippen LogP contribution is -2.54. The molecule has 0 aromatic carbocycles. The summed E-state index contributed by atoms with van der Waals surface area (Å²) in [5.74, 6) is 0.597. The maximum Gasteiger partial charge on any atom is 0.234 e. The Morgan fingerprint density at radius 3 is 2.93 bits per heavy atom. The zero-order chi connectivity index (χ0) is 10.6. The number of hydrogen-bond donors (Lipinski definition) is 1. The van der Waals surface area contributed by atoms with Crippen molar-refractivity contribution >= 4 is 12.2 Å². The third-order valence-electron chi connectivity index (χ3n) is 2.30.